The summed E-state index contributed by atoms with van der Waals surface area (Å²) in [6.07, 6.45) is 1.16. The number of para-hydroxylation sites is 1. The molecule has 2 N–H and O–H groups in total. The van der Waals surface area contributed by atoms with Gasteiger partial charge in [-0.15, -0.1) is 0 Å². The molecular weight excluding hydrogens is 315 g/mol. The fraction of sp³-hybridized carbons (Fsp3) is 0.500. The lowest BCUT2D eigenvalue weighted by atomic mass is 9.75. The van der Waals surface area contributed by atoms with E-state index in [2.05, 4.69) is 0 Å². The van der Waals surface area contributed by atoms with Crippen LogP contribution >= 0.6 is 11.9 Å². The van der Waals surface area contributed by atoms with Crippen LogP contribution in [0.2, 0.25) is 0 Å². The van der Waals surface area contributed by atoms with E-state index < -0.39 is 11.5 Å². The van der Waals surface area contributed by atoms with Crippen LogP contribution < -0.4 is 10.6 Å². The van der Waals surface area contributed by atoms with Crippen LogP contribution in [-0.4, -0.2) is 35.5 Å². The molecule has 120 valence electrons. The van der Waals surface area contributed by atoms with Crippen molar-refractivity contribution in [2.24, 2.45) is 5.73 Å². The third-order valence-electron chi connectivity index (χ3n) is 4.41. The number of hydrogen-bond acceptors (Lipinski definition) is 3. The molecule has 2 aliphatic heterocycles. The van der Waals surface area contributed by atoms with Gasteiger partial charge < -0.3 is 5.73 Å². The number of hydrogen-bond donors (Lipinski definition) is 1. The number of nitrogens with two attached hydrogens (primary N) is 1. The van der Waals surface area contributed by atoms with Gasteiger partial charge >= 0.3 is 11.5 Å². The molecule has 0 aliphatic carbocycles. The number of carbonyl (C=O) groups excluding carboxylic acids is 1. The Balaban J connectivity index is 1.80. The van der Waals surface area contributed by atoms with Gasteiger partial charge in [-0.3, -0.25) is 4.90 Å². The van der Waals surface area contributed by atoms with Gasteiger partial charge in [0.15, 0.2) is 0 Å². The van der Waals surface area contributed by atoms with Crippen LogP contribution in [0.25, 0.3) is 0 Å². The first-order valence-corrected chi connectivity index (χ1v) is 7.75. The second-order valence-corrected chi connectivity index (χ2v) is 6.85. The third-order valence-corrected chi connectivity index (χ3v) is 5.24. The molecule has 1 spiro atoms. The average Bonchev–Trinajstić information content (AvgIpc) is 2.76. The van der Waals surface area contributed by atoms with Gasteiger partial charge in [-0.05, 0) is 24.5 Å². The Kier molecular flexibility index (Phi) is 3.76. The van der Waals surface area contributed by atoms with Crippen LogP contribution in [0.4, 0.5) is 23.7 Å². The fourth-order valence-electron chi connectivity index (χ4n) is 3.41. The van der Waals surface area contributed by atoms with E-state index in [-0.39, 0.29) is 17.4 Å². The summed E-state index contributed by atoms with van der Waals surface area (Å²) >= 11 is -0.0637. The molecule has 1 aromatic carbocycles. The Hall–Kier alpha value is -1.41. The van der Waals surface area contributed by atoms with Gasteiger partial charge in [-0.1, -0.05) is 18.2 Å². The lowest BCUT2D eigenvalue weighted by Gasteiger charge is -2.39. The second kappa shape index (κ2) is 5.34. The predicted molar refractivity (Wildman–Crippen MR) is 79.5 cm³/mol. The quantitative estimate of drug-likeness (QED) is 0.805. The van der Waals surface area contributed by atoms with E-state index in [4.69, 9.17) is 5.73 Å². The molecular formula is C14H16F3N3OS. The molecule has 3 rings (SSSR count). The summed E-state index contributed by atoms with van der Waals surface area (Å²) in [6, 6.07) is 7.00. The highest BCUT2D eigenvalue weighted by Gasteiger charge is 2.47. The maximum absolute atomic E-state index is 12.5. The summed E-state index contributed by atoms with van der Waals surface area (Å²) in [5.74, 6) is 0. The maximum Gasteiger partial charge on any atom is 0.456 e. The van der Waals surface area contributed by atoms with Crippen molar-refractivity contribution in [1.29, 1.82) is 0 Å². The first-order chi connectivity index (χ1) is 10.3. The van der Waals surface area contributed by atoms with Crippen LogP contribution in [0.3, 0.4) is 0 Å². The SMILES string of the molecule is NC(=O)N1CC2(CCN(SC(F)(F)F)CC2)c2ccccc21. The molecule has 1 saturated heterocycles. The molecule has 8 heteroatoms. The molecule has 1 fully saturated rings. The first kappa shape index (κ1) is 15.5. The van der Waals surface area contributed by atoms with Crippen LogP contribution in [0, 0.1) is 0 Å². The van der Waals surface area contributed by atoms with Gasteiger partial charge in [0.05, 0.1) is 0 Å². The Morgan fingerprint density at radius 2 is 1.86 bits per heavy atom. The number of urea groups is 1. The smallest absolute Gasteiger partial charge is 0.351 e. The second-order valence-electron chi connectivity index (χ2n) is 5.69. The summed E-state index contributed by atoms with van der Waals surface area (Å²) < 4.78 is 38.8. The Bertz CT molecular complexity index is 585. The number of fused-ring (bicyclic) bond motifs is 2. The minimum atomic E-state index is -4.25. The summed E-state index contributed by atoms with van der Waals surface area (Å²) in [5.41, 5.74) is 2.70. The zero-order valence-electron chi connectivity index (χ0n) is 11.8. The van der Waals surface area contributed by atoms with Gasteiger partial charge in [0.25, 0.3) is 0 Å². The highest BCUT2D eigenvalue weighted by molar-refractivity contribution is 7.97. The van der Waals surface area contributed by atoms with Crippen molar-refractivity contribution in [2.45, 2.75) is 23.8 Å². The summed E-state index contributed by atoms with van der Waals surface area (Å²) in [7, 11) is 0. The van der Waals surface area contributed by atoms with Crippen molar-refractivity contribution in [3.8, 4) is 0 Å². The molecule has 22 heavy (non-hydrogen) atoms. The molecule has 0 unspecified atom stereocenters. The van der Waals surface area contributed by atoms with Crippen molar-refractivity contribution < 1.29 is 18.0 Å². The van der Waals surface area contributed by atoms with Gasteiger partial charge in [0, 0.05) is 42.7 Å². The lowest BCUT2D eigenvalue weighted by Crippen LogP contribution is -2.45. The minimum absolute atomic E-state index is 0.0637. The number of rotatable bonds is 1. The van der Waals surface area contributed by atoms with Crippen molar-refractivity contribution in [1.82, 2.24) is 4.31 Å². The molecule has 0 atom stereocenters. The van der Waals surface area contributed by atoms with Crippen LogP contribution in [0.15, 0.2) is 24.3 Å². The molecule has 2 aliphatic rings. The number of nitrogens with zero attached hydrogens (tertiary/aromatic N) is 2. The molecule has 0 saturated carbocycles. The van der Waals surface area contributed by atoms with Crippen molar-refractivity contribution in [2.75, 3.05) is 24.5 Å². The average molecular weight is 331 g/mol. The number of halogens is 3. The van der Waals surface area contributed by atoms with Gasteiger partial charge in [-0.2, -0.15) is 13.2 Å². The number of alkyl halides is 3. The maximum atomic E-state index is 12.5. The minimum Gasteiger partial charge on any atom is -0.351 e. The number of primary amides is 1. The zero-order valence-corrected chi connectivity index (χ0v) is 12.6. The third kappa shape index (κ3) is 2.77. The number of amides is 2. The van der Waals surface area contributed by atoms with Crippen LogP contribution in [-0.2, 0) is 5.41 Å². The Morgan fingerprint density at radius 1 is 1.23 bits per heavy atom. The normalized spacial score (nSPS) is 21.1. The van der Waals surface area contributed by atoms with E-state index in [1.807, 2.05) is 24.3 Å². The Labute approximate surface area is 130 Å². The number of carbonyl (C=O) groups is 1. The van der Waals surface area contributed by atoms with Gasteiger partial charge in [-0.25, -0.2) is 9.10 Å². The summed E-state index contributed by atoms with van der Waals surface area (Å²) in [4.78, 5) is 13.2. The molecule has 2 heterocycles. The van der Waals surface area contributed by atoms with Crippen LogP contribution in [0.1, 0.15) is 18.4 Å². The predicted octanol–water partition coefficient (Wildman–Crippen LogP) is 3.09. The van der Waals surface area contributed by atoms with Crippen LogP contribution in [0.5, 0.6) is 0 Å². The first-order valence-electron chi connectivity index (χ1n) is 6.98. The topological polar surface area (TPSA) is 49.6 Å². The van der Waals surface area contributed by atoms with E-state index in [1.54, 1.807) is 0 Å². The number of anilines is 1. The molecule has 1 aromatic rings. The Morgan fingerprint density at radius 3 is 2.45 bits per heavy atom. The number of piperidine rings is 1. The van der Waals surface area contributed by atoms with E-state index in [9.17, 15) is 18.0 Å². The lowest BCUT2D eigenvalue weighted by molar-refractivity contribution is -0.0369. The highest BCUT2D eigenvalue weighted by atomic mass is 32.2. The highest BCUT2D eigenvalue weighted by Crippen LogP contribution is 2.48. The van der Waals surface area contributed by atoms with Crippen molar-refractivity contribution in [3.05, 3.63) is 29.8 Å². The largest absolute Gasteiger partial charge is 0.456 e. The van der Waals surface area contributed by atoms with E-state index in [0.717, 1.165) is 11.3 Å². The fourth-order valence-corrected chi connectivity index (χ4v) is 4.06. The summed E-state index contributed by atoms with van der Waals surface area (Å²) in [5, 5.41) is 0. The molecule has 0 bridgehead atoms. The molecule has 0 aromatic heterocycles. The van der Waals surface area contributed by atoms with E-state index >= 15 is 0 Å². The molecule has 4 nitrogen and oxygen atoms in total. The molecule has 2 amide bonds. The van der Waals surface area contributed by atoms with Gasteiger partial charge in [0.1, 0.15) is 0 Å². The van der Waals surface area contributed by atoms with Gasteiger partial charge in [0.2, 0.25) is 0 Å². The van der Waals surface area contributed by atoms with E-state index in [0.29, 0.717) is 32.5 Å². The summed E-state index contributed by atoms with van der Waals surface area (Å²) in [6.45, 7) is 1.13. The standard InChI is InChI=1S/C14H16F3N3OS/c15-14(16,17)22-19-7-5-13(6-8-19)9-20(12(18)21)11-4-2-1-3-10(11)13/h1-4H,5-9H2,(H2,18,21). The van der Waals surface area contributed by atoms with Crippen molar-refractivity contribution >= 4 is 23.7 Å². The number of benzene rings is 1. The van der Waals surface area contributed by atoms with Crippen molar-refractivity contribution in [3.63, 3.8) is 0 Å². The van der Waals surface area contributed by atoms with E-state index in [1.165, 1.54) is 9.21 Å². The monoisotopic (exact) mass is 331 g/mol. The zero-order chi connectivity index (χ0) is 16.0. The molecule has 0 radical (unpaired) electrons.